The summed E-state index contributed by atoms with van der Waals surface area (Å²) in [5.41, 5.74) is 2.02. The molecule has 0 aromatic heterocycles. The van der Waals surface area contributed by atoms with Crippen LogP contribution >= 0.6 is 23.8 Å². The van der Waals surface area contributed by atoms with Crippen molar-refractivity contribution < 1.29 is 4.74 Å². The van der Waals surface area contributed by atoms with Gasteiger partial charge < -0.3 is 19.9 Å². The minimum Gasteiger partial charge on any atom is -0.376 e. The minimum atomic E-state index is 0.284. The first kappa shape index (κ1) is 18.9. The number of aryl methyl sites for hydroxylation is 1. The van der Waals surface area contributed by atoms with Crippen LogP contribution in [0.4, 0.5) is 5.69 Å². The van der Waals surface area contributed by atoms with Crippen LogP contribution in [0.1, 0.15) is 31.2 Å². The lowest BCUT2D eigenvalue weighted by Crippen LogP contribution is -2.50. The van der Waals surface area contributed by atoms with Crippen LogP contribution in [0.2, 0.25) is 5.02 Å². The molecule has 4 nitrogen and oxygen atoms in total. The molecule has 2 fully saturated rings. The molecule has 1 N–H and O–H groups in total. The molecular weight excluding hydrogens is 354 g/mol. The van der Waals surface area contributed by atoms with Gasteiger partial charge >= 0.3 is 0 Å². The summed E-state index contributed by atoms with van der Waals surface area (Å²) >= 11 is 12.2. The summed E-state index contributed by atoms with van der Waals surface area (Å²) < 4.78 is 5.88. The van der Waals surface area contributed by atoms with E-state index >= 15 is 0 Å². The zero-order valence-corrected chi connectivity index (χ0v) is 16.7. The standard InChI is InChI=1S/C19H28ClN3OS/c1-14-5-3-7-17(20)18(14)21-19(25)23(13-16-6-4-12-24-16)15-8-10-22(2)11-9-15/h3,5,7,15-16H,4,6,8-13H2,1-2H3,(H,21,25). The highest BCUT2D eigenvalue weighted by Gasteiger charge is 2.29. The number of piperidine rings is 1. The Morgan fingerprint density at radius 3 is 2.76 bits per heavy atom. The van der Waals surface area contributed by atoms with Gasteiger partial charge in [0, 0.05) is 19.2 Å². The van der Waals surface area contributed by atoms with E-state index in [2.05, 4.69) is 35.2 Å². The Morgan fingerprint density at radius 2 is 2.12 bits per heavy atom. The lowest BCUT2D eigenvalue weighted by Gasteiger charge is -2.40. The summed E-state index contributed by atoms with van der Waals surface area (Å²) in [7, 11) is 2.18. The maximum absolute atomic E-state index is 6.38. The number of hydrogen-bond donors (Lipinski definition) is 1. The third-order valence-electron chi connectivity index (χ3n) is 5.27. The quantitative estimate of drug-likeness (QED) is 0.798. The van der Waals surface area contributed by atoms with Crippen LogP contribution in [-0.2, 0) is 4.74 Å². The first-order valence-electron chi connectivity index (χ1n) is 9.17. The lowest BCUT2D eigenvalue weighted by atomic mass is 10.0. The number of para-hydroxylation sites is 1. The fraction of sp³-hybridized carbons (Fsp3) is 0.632. The number of ether oxygens (including phenoxy) is 1. The van der Waals surface area contributed by atoms with Gasteiger partial charge in [-0.2, -0.15) is 0 Å². The number of benzene rings is 1. The second-order valence-electron chi connectivity index (χ2n) is 7.18. The van der Waals surface area contributed by atoms with Gasteiger partial charge in [-0.3, -0.25) is 0 Å². The van der Waals surface area contributed by atoms with Crippen LogP contribution in [0.3, 0.4) is 0 Å². The average Bonchev–Trinajstić information content (AvgIpc) is 3.10. The second kappa shape index (κ2) is 8.67. The zero-order valence-electron chi connectivity index (χ0n) is 15.1. The van der Waals surface area contributed by atoms with Gasteiger partial charge in [0.25, 0.3) is 0 Å². The first-order chi connectivity index (χ1) is 12.0. The van der Waals surface area contributed by atoms with Crippen LogP contribution < -0.4 is 5.32 Å². The maximum atomic E-state index is 6.38. The predicted molar refractivity (Wildman–Crippen MR) is 109 cm³/mol. The zero-order chi connectivity index (χ0) is 17.8. The molecule has 1 atom stereocenters. The monoisotopic (exact) mass is 381 g/mol. The Morgan fingerprint density at radius 1 is 1.36 bits per heavy atom. The van der Waals surface area contributed by atoms with E-state index in [4.69, 9.17) is 28.6 Å². The molecule has 0 amide bonds. The molecule has 1 aromatic carbocycles. The molecular formula is C19H28ClN3OS. The van der Waals surface area contributed by atoms with Crippen molar-refractivity contribution in [3.05, 3.63) is 28.8 Å². The van der Waals surface area contributed by atoms with E-state index in [-0.39, 0.29) is 6.10 Å². The normalized spacial score (nSPS) is 22.1. The molecule has 0 aliphatic carbocycles. The molecule has 2 saturated heterocycles. The topological polar surface area (TPSA) is 27.7 Å². The van der Waals surface area contributed by atoms with Gasteiger partial charge in [0.15, 0.2) is 5.11 Å². The largest absolute Gasteiger partial charge is 0.376 e. The summed E-state index contributed by atoms with van der Waals surface area (Å²) in [4.78, 5) is 4.73. The van der Waals surface area contributed by atoms with Crippen LogP contribution in [0.25, 0.3) is 0 Å². The highest BCUT2D eigenvalue weighted by molar-refractivity contribution is 7.80. The van der Waals surface area contributed by atoms with Gasteiger partial charge in [0.1, 0.15) is 0 Å². The molecule has 0 saturated carbocycles. The van der Waals surface area contributed by atoms with Crippen molar-refractivity contribution in [2.75, 3.05) is 38.6 Å². The third kappa shape index (κ3) is 4.85. The average molecular weight is 382 g/mol. The second-order valence-corrected chi connectivity index (χ2v) is 7.98. The highest BCUT2D eigenvalue weighted by Crippen LogP contribution is 2.27. The number of halogens is 1. The Bertz CT molecular complexity index is 578. The molecule has 1 aromatic rings. The summed E-state index contributed by atoms with van der Waals surface area (Å²) in [6.45, 7) is 6.01. The van der Waals surface area contributed by atoms with Crippen LogP contribution in [0, 0.1) is 6.92 Å². The molecule has 25 heavy (non-hydrogen) atoms. The van der Waals surface area contributed by atoms with Gasteiger partial charge in [-0.05, 0) is 76.6 Å². The number of thiocarbonyl (C=S) groups is 1. The maximum Gasteiger partial charge on any atom is 0.173 e. The first-order valence-corrected chi connectivity index (χ1v) is 9.96. The van der Waals surface area contributed by atoms with Crippen molar-refractivity contribution in [3.8, 4) is 0 Å². The highest BCUT2D eigenvalue weighted by atomic mass is 35.5. The van der Waals surface area contributed by atoms with Crippen LogP contribution in [-0.4, -0.2) is 60.3 Å². The third-order valence-corrected chi connectivity index (χ3v) is 5.92. The van der Waals surface area contributed by atoms with Gasteiger partial charge in [0.2, 0.25) is 0 Å². The van der Waals surface area contributed by atoms with Crippen molar-refractivity contribution >= 4 is 34.6 Å². The van der Waals surface area contributed by atoms with E-state index in [1.807, 2.05) is 12.1 Å². The van der Waals surface area contributed by atoms with Gasteiger partial charge in [-0.1, -0.05) is 23.7 Å². The summed E-state index contributed by atoms with van der Waals surface area (Å²) in [6, 6.07) is 6.38. The Balaban J connectivity index is 1.74. The molecule has 0 bridgehead atoms. The number of nitrogens with zero attached hydrogens (tertiary/aromatic N) is 2. The number of nitrogens with one attached hydrogen (secondary N) is 1. The lowest BCUT2D eigenvalue weighted by molar-refractivity contribution is 0.0724. The van der Waals surface area contributed by atoms with Crippen molar-refractivity contribution in [1.82, 2.24) is 9.80 Å². The minimum absolute atomic E-state index is 0.284. The Labute approximate surface area is 161 Å². The number of likely N-dealkylation sites (tertiary alicyclic amines) is 1. The van der Waals surface area contributed by atoms with Gasteiger partial charge in [0.05, 0.1) is 16.8 Å². The molecule has 1 unspecified atom stereocenters. The van der Waals surface area contributed by atoms with Crippen LogP contribution in [0.15, 0.2) is 18.2 Å². The summed E-state index contributed by atoms with van der Waals surface area (Å²) in [6.07, 6.45) is 4.82. The molecule has 3 rings (SSSR count). The summed E-state index contributed by atoms with van der Waals surface area (Å²) in [5, 5.41) is 4.89. The Kier molecular flexibility index (Phi) is 6.55. The SMILES string of the molecule is Cc1cccc(Cl)c1NC(=S)N(CC1CCCO1)C1CCN(C)CC1. The fourth-order valence-electron chi connectivity index (χ4n) is 3.68. The van der Waals surface area contributed by atoms with E-state index in [9.17, 15) is 0 Å². The molecule has 0 radical (unpaired) electrons. The molecule has 0 spiro atoms. The Hall–Kier alpha value is -0.880. The van der Waals surface area contributed by atoms with E-state index in [1.165, 1.54) is 0 Å². The smallest absolute Gasteiger partial charge is 0.173 e. The van der Waals surface area contributed by atoms with Crippen LogP contribution in [0.5, 0.6) is 0 Å². The molecule has 2 aliphatic rings. The van der Waals surface area contributed by atoms with Crippen molar-refractivity contribution in [2.45, 2.75) is 44.8 Å². The van der Waals surface area contributed by atoms with E-state index in [0.29, 0.717) is 11.1 Å². The van der Waals surface area contributed by atoms with E-state index < -0.39 is 0 Å². The predicted octanol–water partition coefficient (Wildman–Crippen LogP) is 3.92. The molecule has 138 valence electrons. The van der Waals surface area contributed by atoms with Gasteiger partial charge in [-0.15, -0.1) is 0 Å². The van der Waals surface area contributed by atoms with E-state index in [0.717, 1.165) is 68.3 Å². The van der Waals surface area contributed by atoms with Gasteiger partial charge in [-0.25, -0.2) is 0 Å². The number of rotatable bonds is 4. The van der Waals surface area contributed by atoms with Crippen molar-refractivity contribution in [3.63, 3.8) is 0 Å². The molecule has 2 aliphatic heterocycles. The number of anilines is 1. The fourth-order valence-corrected chi connectivity index (χ4v) is 4.28. The molecule has 6 heteroatoms. The van der Waals surface area contributed by atoms with Crippen molar-refractivity contribution in [2.24, 2.45) is 0 Å². The van der Waals surface area contributed by atoms with E-state index in [1.54, 1.807) is 0 Å². The van der Waals surface area contributed by atoms with Crippen molar-refractivity contribution in [1.29, 1.82) is 0 Å². The summed E-state index contributed by atoms with van der Waals surface area (Å²) in [5.74, 6) is 0. The molecule has 2 heterocycles. The number of hydrogen-bond acceptors (Lipinski definition) is 3.